The van der Waals surface area contributed by atoms with Gasteiger partial charge in [-0.3, -0.25) is 0 Å². The fraction of sp³-hybridized carbons (Fsp3) is 0.364. The van der Waals surface area contributed by atoms with Crippen LogP contribution in [0.1, 0.15) is 40.1 Å². The molecule has 0 aromatic heterocycles. The van der Waals surface area contributed by atoms with Gasteiger partial charge in [0.1, 0.15) is 0 Å². The normalized spacial score (nSPS) is 9.81. The van der Waals surface area contributed by atoms with Crippen LogP contribution in [0.15, 0.2) is 18.2 Å². The zero-order valence-electron chi connectivity index (χ0n) is 18.8. The summed E-state index contributed by atoms with van der Waals surface area (Å²) in [5, 5.41) is 28.4. The van der Waals surface area contributed by atoms with E-state index in [1.165, 1.54) is 46.6 Å². The summed E-state index contributed by atoms with van der Waals surface area (Å²) >= 11 is 0. The highest BCUT2D eigenvalue weighted by atomic mass is 16.5. The number of aromatic carboxylic acids is 1. The van der Waals surface area contributed by atoms with Crippen molar-refractivity contribution < 1.29 is 48.6 Å². The molecule has 3 N–H and O–H groups in total. The van der Waals surface area contributed by atoms with Crippen LogP contribution >= 0.6 is 0 Å². The minimum Gasteiger partial charge on any atom is -0.502 e. The van der Waals surface area contributed by atoms with Crippen LogP contribution < -0.4 is 18.9 Å². The number of rotatable bonds is 8. The SMILES string of the molecule is CCOC(=O)c1cc(OC)c(O)c(OC)c1.CCc1c(C(=O)O)cc(OC)c(O)c1OC. The summed E-state index contributed by atoms with van der Waals surface area (Å²) in [7, 11) is 5.51. The van der Waals surface area contributed by atoms with Crippen molar-refractivity contribution in [3.05, 3.63) is 34.9 Å². The van der Waals surface area contributed by atoms with Gasteiger partial charge in [-0.15, -0.1) is 0 Å². The molecule has 10 heteroatoms. The van der Waals surface area contributed by atoms with Crippen LogP contribution in [-0.2, 0) is 11.2 Å². The second kappa shape index (κ2) is 12.1. The molecular formula is C22H28O10. The van der Waals surface area contributed by atoms with Crippen molar-refractivity contribution in [2.75, 3.05) is 35.0 Å². The number of methoxy groups -OCH3 is 4. The average molecular weight is 452 g/mol. The van der Waals surface area contributed by atoms with Crippen LogP contribution in [0.3, 0.4) is 0 Å². The van der Waals surface area contributed by atoms with Gasteiger partial charge in [-0.05, 0) is 31.5 Å². The predicted octanol–water partition coefficient (Wildman–Crippen LogP) is 3.26. The number of carbonyl (C=O) groups is 2. The minimum absolute atomic E-state index is 0.0778. The third-order valence-electron chi connectivity index (χ3n) is 4.32. The summed E-state index contributed by atoms with van der Waals surface area (Å²) in [6, 6.07) is 4.09. The Kier molecular flexibility index (Phi) is 9.94. The number of ether oxygens (including phenoxy) is 5. The molecule has 0 aliphatic rings. The largest absolute Gasteiger partial charge is 0.502 e. The van der Waals surface area contributed by atoms with Crippen molar-refractivity contribution in [1.82, 2.24) is 0 Å². The molecule has 0 unspecified atom stereocenters. The van der Waals surface area contributed by atoms with Crippen LogP contribution in [0.2, 0.25) is 0 Å². The first-order valence-electron chi connectivity index (χ1n) is 9.52. The lowest BCUT2D eigenvalue weighted by atomic mass is 10.0. The van der Waals surface area contributed by atoms with Gasteiger partial charge < -0.3 is 39.0 Å². The van der Waals surface area contributed by atoms with Crippen LogP contribution in [0.4, 0.5) is 0 Å². The Balaban J connectivity index is 0.000000320. The molecule has 0 bridgehead atoms. The first-order chi connectivity index (χ1) is 15.2. The number of carboxylic acid groups (broad SMARTS) is 1. The second-order valence-electron chi connectivity index (χ2n) is 6.10. The zero-order valence-corrected chi connectivity index (χ0v) is 18.8. The van der Waals surface area contributed by atoms with E-state index in [1.807, 2.05) is 0 Å². The van der Waals surface area contributed by atoms with E-state index in [0.717, 1.165) is 0 Å². The van der Waals surface area contributed by atoms with Gasteiger partial charge in [-0.2, -0.15) is 0 Å². The fourth-order valence-electron chi connectivity index (χ4n) is 2.81. The topological polar surface area (TPSA) is 141 Å². The maximum absolute atomic E-state index is 11.5. The highest BCUT2D eigenvalue weighted by Gasteiger charge is 2.21. The highest BCUT2D eigenvalue weighted by molar-refractivity contribution is 5.92. The second-order valence-corrected chi connectivity index (χ2v) is 6.10. The smallest absolute Gasteiger partial charge is 0.338 e. The van der Waals surface area contributed by atoms with E-state index in [-0.39, 0.29) is 52.2 Å². The zero-order chi connectivity index (χ0) is 24.4. The summed E-state index contributed by atoms with van der Waals surface area (Å²) in [6.45, 7) is 3.79. The molecule has 0 saturated carbocycles. The van der Waals surface area contributed by atoms with E-state index in [9.17, 15) is 19.8 Å². The lowest BCUT2D eigenvalue weighted by Gasteiger charge is -2.14. The van der Waals surface area contributed by atoms with Gasteiger partial charge in [-0.25, -0.2) is 9.59 Å². The van der Waals surface area contributed by atoms with E-state index in [1.54, 1.807) is 13.8 Å². The molecule has 176 valence electrons. The Bertz CT molecular complexity index is 927. The van der Waals surface area contributed by atoms with Crippen LogP contribution in [0, 0.1) is 0 Å². The minimum atomic E-state index is -1.08. The molecule has 0 atom stereocenters. The molecule has 0 aliphatic carbocycles. The van der Waals surface area contributed by atoms with Crippen LogP contribution in [0.5, 0.6) is 34.5 Å². The summed E-state index contributed by atoms with van der Waals surface area (Å²) in [6.07, 6.45) is 0.447. The third-order valence-corrected chi connectivity index (χ3v) is 4.32. The Hall–Kier alpha value is -3.82. The monoisotopic (exact) mass is 452 g/mol. The summed E-state index contributed by atoms with van der Waals surface area (Å²) < 4.78 is 24.6. The average Bonchev–Trinajstić information content (AvgIpc) is 2.79. The highest BCUT2D eigenvalue weighted by Crippen LogP contribution is 2.41. The number of hydrogen-bond acceptors (Lipinski definition) is 9. The van der Waals surface area contributed by atoms with Crippen molar-refractivity contribution >= 4 is 11.9 Å². The lowest BCUT2D eigenvalue weighted by molar-refractivity contribution is 0.0525. The molecule has 0 radical (unpaired) electrons. The molecule has 0 heterocycles. The molecule has 0 amide bonds. The first-order valence-corrected chi connectivity index (χ1v) is 9.52. The number of hydrogen-bond donors (Lipinski definition) is 3. The maximum Gasteiger partial charge on any atom is 0.338 e. The summed E-state index contributed by atoms with van der Waals surface area (Å²) in [5.74, 6) is -1.30. The first kappa shape index (κ1) is 26.2. The molecule has 2 aromatic carbocycles. The van der Waals surface area contributed by atoms with Gasteiger partial charge in [0.25, 0.3) is 0 Å². The van der Waals surface area contributed by atoms with E-state index >= 15 is 0 Å². The van der Waals surface area contributed by atoms with Crippen LogP contribution in [-0.4, -0.2) is 62.3 Å². The third kappa shape index (κ3) is 5.87. The number of carboxylic acids is 1. The molecule has 10 nitrogen and oxygen atoms in total. The van der Waals surface area contributed by atoms with E-state index in [0.29, 0.717) is 12.0 Å². The number of aromatic hydroxyl groups is 2. The van der Waals surface area contributed by atoms with Gasteiger partial charge in [-0.1, -0.05) is 6.92 Å². The van der Waals surface area contributed by atoms with Gasteiger partial charge in [0.2, 0.25) is 11.5 Å². The van der Waals surface area contributed by atoms with E-state index in [2.05, 4.69) is 0 Å². The number of benzene rings is 2. The Labute approximate surface area is 185 Å². The predicted molar refractivity (Wildman–Crippen MR) is 115 cm³/mol. The van der Waals surface area contributed by atoms with E-state index < -0.39 is 11.9 Å². The Morgan fingerprint density at radius 1 is 0.812 bits per heavy atom. The molecule has 2 aromatic rings. The summed E-state index contributed by atoms with van der Waals surface area (Å²) in [5.41, 5.74) is 0.802. The number of carbonyl (C=O) groups excluding carboxylic acids is 1. The fourth-order valence-corrected chi connectivity index (χ4v) is 2.81. The van der Waals surface area contributed by atoms with Crippen molar-refractivity contribution in [3.8, 4) is 34.5 Å². The maximum atomic E-state index is 11.5. The van der Waals surface area contributed by atoms with Crippen molar-refractivity contribution in [2.45, 2.75) is 20.3 Å². The summed E-state index contributed by atoms with van der Waals surface area (Å²) in [4.78, 5) is 22.5. The molecule has 0 saturated heterocycles. The quantitative estimate of drug-likeness (QED) is 0.511. The molecular weight excluding hydrogens is 424 g/mol. The molecule has 0 aliphatic heterocycles. The Morgan fingerprint density at radius 3 is 1.69 bits per heavy atom. The van der Waals surface area contributed by atoms with Gasteiger partial charge in [0.15, 0.2) is 23.0 Å². The Morgan fingerprint density at radius 2 is 1.31 bits per heavy atom. The van der Waals surface area contributed by atoms with Crippen molar-refractivity contribution in [3.63, 3.8) is 0 Å². The van der Waals surface area contributed by atoms with Gasteiger partial charge in [0.05, 0.1) is 46.2 Å². The van der Waals surface area contributed by atoms with Gasteiger partial charge >= 0.3 is 11.9 Å². The number of esters is 1. The van der Waals surface area contributed by atoms with Crippen molar-refractivity contribution in [2.24, 2.45) is 0 Å². The van der Waals surface area contributed by atoms with Crippen LogP contribution in [0.25, 0.3) is 0 Å². The standard InChI is InChI=1S/2C11H14O5/c1-4-16-11(13)7-5-8(14-2)10(12)9(6-7)15-3;1-4-6-7(11(13)14)5-8(15-2)9(12)10(6)16-3/h5-6,12H,4H2,1-3H3;5,12H,4H2,1-3H3,(H,13,14). The van der Waals surface area contributed by atoms with Crippen molar-refractivity contribution in [1.29, 1.82) is 0 Å². The molecule has 0 fully saturated rings. The number of phenolic OH excluding ortho intramolecular Hbond substituents is 2. The molecule has 32 heavy (non-hydrogen) atoms. The van der Waals surface area contributed by atoms with E-state index in [4.69, 9.17) is 28.8 Å². The lowest BCUT2D eigenvalue weighted by Crippen LogP contribution is -2.05. The molecule has 0 spiro atoms. The number of phenols is 2. The van der Waals surface area contributed by atoms with Gasteiger partial charge in [0, 0.05) is 5.56 Å². The molecule has 2 rings (SSSR count).